The minimum Gasteiger partial charge on any atom is -0.479 e. The van der Waals surface area contributed by atoms with E-state index in [9.17, 15) is 9.59 Å². The highest BCUT2D eigenvalue weighted by molar-refractivity contribution is 5.90. The lowest BCUT2D eigenvalue weighted by molar-refractivity contribution is -0.146. The van der Waals surface area contributed by atoms with Gasteiger partial charge in [0.05, 0.1) is 6.54 Å². The van der Waals surface area contributed by atoms with Crippen LogP contribution in [-0.2, 0) is 4.79 Å². The van der Waals surface area contributed by atoms with Gasteiger partial charge in [0.15, 0.2) is 6.10 Å². The normalized spacial score (nSPS) is 12.1. The molecule has 0 radical (unpaired) electrons. The van der Waals surface area contributed by atoms with Crippen molar-refractivity contribution < 1.29 is 19.8 Å². The number of rotatable bonds is 4. The molecule has 0 spiro atoms. The second kappa shape index (κ2) is 4.37. The average molecular weight is 215 g/mol. The van der Waals surface area contributed by atoms with Gasteiger partial charge in [-0.15, -0.1) is 5.10 Å². The van der Waals surface area contributed by atoms with Crippen molar-refractivity contribution in [3.05, 3.63) is 5.82 Å². The van der Waals surface area contributed by atoms with Crippen LogP contribution < -0.4 is 11.1 Å². The van der Waals surface area contributed by atoms with E-state index in [1.807, 2.05) is 0 Å². The quantitative estimate of drug-likeness (QED) is 0.373. The predicted octanol–water partition coefficient (Wildman–Crippen LogP) is -2.44. The summed E-state index contributed by atoms with van der Waals surface area (Å²) in [5, 5.41) is 24.9. The number of carboxylic acids is 1. The molecule has 1 unspecified atom stereocenters. The molecule has 1 heterocycles. The molecule has 1 amide bonds. The molecule has 1 aromatic heterocycles. The smallest absolute Gasteiger partial charge is 0.334 e. The number of hydrogen-bond donors (Lipinski definition) is 5. The highest BCUT2D eigenvalue weighted by Gasteiger charge is 2.16. The van der Waals surface area contributed by atoms with E-state index in [0.717, 1.165) is 0 Å². The van der Waals surface area contributed by atoms with Crippen LogP contribution in [0.3, 0.4) is 0 Å². The number of carbonyl (C=O) groups is 2. The number of nitrogens with one attached hydrogen (secondary N) is 2. The lowest BCUT2D eigenvalue weighted by atomic mass is 10.3. The zero-order chi connectivity index (χ0) is 11.4. The van der Waals surface area contributed by atoms with Crippen molar-refractivity contribution in [2.45, 2.75) is 6.10 Å². The van der Waals surface area contributed by atoms with Crippen LogP contribution in [0.5, 0.6) is 0 Å². The lowest BCUT2D eigenvalue weighted by Crippen LogP contribution is -2.36. The van der Waals surface area contributed by atoms with Gasteiger partial charge in [0.1, 0.15) is 0 Å². The Morgan fingerprint density at radius 3 is 2.73 bits per heavy atom. The first-order valence-corrected chi connectivity index (χ1v) is 3.87. The van der Waals surface area contributed by atoms with Crippen molar-refractivity contribution in [2.24, 2.45) is 0 Å². The van der Waals surface area contributed by atoms with Gasteiger partial charge >= 0.3 is 5.97 Å². The number of H-pyrrole nitrogens is 1. The fourth-order valence-electron chi connectivity index (χ4n) is 0.737. The third-order valence-corrected chi connectivity index (χ3v) is 1.46. The maximum absolute atomic E-state index is 11.2. The Hall–Kier alpha value is -2.16. The van der Waals surface area contributed by atoms with Crippen LogP contribution >= 0.6 is 0 Å². The number of aliphatic carboxylic acids is 1. The molecule has 1 aromatic rings. The molecule has 1 atom stereocenters. The second-order valence-electron chi connectivity index (χ2n) is 2.61. The van der Waals surface area contributed by atoms with Crippen molar-refractivity contribution >= 4 is 17.8 Å². The van der Waals surface area contributed by atoms with Crippen LogP contribution in [0.25, 0.3) is 0 Å². The lowest BCUT2D eigenvalue weighted by Gasteiger charge is -2.05. The zero-order valence-electron chi connectivity index (χ0n) is 7.47. The number of aliphatic hydroxyl groups is 1. The van der Waals surface area contributed by atoms with Crippen LogP contribution in [0, 0.1) is 0 Å². The topological polar surface area (TPSA) is 154 Å². The van der Waals surface area contributed by atoms with Gasteiger partial charge in [-0.2, -0.15) is 4.98 Å². The summed E-state index contributed by atoms with van der Waals surface area (Å²) in [5.41, 5.74) is 5.14. The van der Waals surface area contributed by atoms with E-state index in [2.05, 4.69) is 20.5 Å². The molecule has 0 saturated heterocycles. The van der Waals surface area contributed by atoms with E-state index in [-0.39, 0.29) is 11.8 Å². The molecule has 15 heavy (non-hydrogen) atoms. The summed E-state index contributed by atoms with van der Waals surface area (Å²) in [5.74, 6) is -2.36. The molecule has 0 saturated carbocycles. The van der Waals surface area contributed by atoms with Gasteiger partial charge in [-0.3, -0.25) is 9.89 Å². The van der Waals surface area contributed by atoms with Crippen molar-refractivity contribution in [1.29, 1.82) is 0 Å². The molecule has 82 valence electrons. The molecule has 9 nitrogen and oxygen atoms in total. The maximum Gasteiger partial charge on any atom is 0.334 e. The Morgan fingerprint density at radius 1 is 1.60 bits per heavy atom. The number of nitrogens with zero attached hydrogens (tertiary/aromatic N) is 2. The number of hydrogen-bond acceptors (Lipinski definition) is 6. The van der Waals surface area contributed by atoms with Crippen LogP contribution in [0.1, 0.15) is 10.6 Å². The van der Waals surface area contributed by atoms with Crippen molar-refractivity contribution in [2.75, 3.05) is 12.3 Å². The minimum atomic E-state index is -1.66. The monoisotopic (exact) mass is 215 g/mol. The van der Waals surface area contributed by atoms with Crippen molar-refractivity contribution in [3.8, 4) is 0 Å². The van der Waals surface area contributed by atoms with E-state index in [1.54, 1.807) is 0 Å². The summed E-state index contributed by atoms with van der Waals surface area (Å²) >= 11 is 0. The first-order valence-electron chi connectivity index (χ1n) is 3.87. The van der Waals surface area contributed by atoms with Crippen LogP contribution in [-0.4, -0.2) is 49.9 Å². The number of aliphatic hydroxyl groups excluding tert-OH is 1. The Morgan fingerprint density at radius 2 is 2.27 bits per heavy atom. The van der Waals surface area contributed by atoms with Crippen molar-refractivity contribution in [3.63, 3.8) is 0 Å². The largest absolute Gasteiger partial charge is 0.479 e. The van der Waals surface area contributed by atoms with Gasteiger partial charge < -0.3 is 21.3 Å². The first-order chi connectivity index (χ1) is 7.00. The summed E-state index contributed by atoms with van der Waals surface area (Å²) in [6.45, 7) is -0.422. The van der Waals surface area contributed by atoms with Gasteiger partial charge in [0.25, 0.3) is 5.91 Å². The fraction of sp³-hybridized carbons (Fsp3) is 0.333. The third kappa shape index (κ3) is 2.91. The van der Waals surface area contributed by atoms with Crippen LogP contribution in [0.2, 0.25) is 0 Å². The summed E-state index contributed by atoms with van der Waals surface area (Å²) in [6.07, 6.45) is -1.66. The molecular formula is C6H9N5O4. The Balaban J connectivity index is 2.47. The van der Waals surface area contributed by atoms with Gasteiger partial charge in [-0.05, 0) is 0 Å². The number of aromatic nitrogens is 3. The maximum atomic E-state index is 11.2. The molecular weight excluding hydrogens is 206 g/mol. The summed E-state index contributed by atoms with van der Waals surface area (Å²) in [4.78, 5) is 24.9. The number of nitrogen functional groups attached to an aromatic ring is 1. The molecule has 0 aliphatic heterocycles. The summed E-state index contributed by atoms with van der Waals surface area (Å²) < 4.78 is 0. The van der Waals surface area contributed by atoms with E-state index < -0.39 is 24.5 Å². The zero-order valence-corrected chi connectivity index (χ0v) is 7.47. The van der Waals surface area contributed by atoms with E-state index in [4.69, 9.17) is 15.9 Å². The molecule has 1 rings (SSSR count). The fourth-order valence-corrected chi connectivity index (χ4v) is 0.737. The van der Waals surface area contributed by atoms with E-state index in [0.29, 0.717) is 0 Å². The molecule has 9 heteroatoms. The first kappa shape index (κ1) is 10.9. The van der Waals surface area contributed by atoms with Crippen molar-refractivity contribution in [1.82, 2.24) is 20.5 Å². The Labute approximate surface area is 83.3 Å². The van der Waals surface area contributed by atoms with Gasteiger partial charge in [0, 0.05) is 0 Å². The average Bonchev–Trinajstić information content (AvgIpc) is 2.60. The van der Waals surface area contributed by atoms with Gasteiger partial charge in [-0.25, -0.2) is 4.79 Å². The third-order valence-electron chi connectivity index (χ3n) is 1.46. The number of nitrogens with two attached hydrogens (primary N) is 1. The predicted molar refractivity (Wildman–Crippen MR) is 46.8 cm³/mol. The number of carbonyl (C=O) groups excluding carboxylic acids is 1. The summed E-state index contributed by atoms with van der Waals surface area (Å²) in [7, 11) is 0. The van der Waals surface area contributed by atoms with Crippen LogP contribution in [0.15, 0.2) is 0 Å². The molecule has 0 aromatic carbocycles. The molecule has 0 bridgehead atoms. The number of anilines is 1. The van der Waals surface area contributed by atoms with Gasteiger partial charge in [-0.1, -0.05) is 0 Å². The number of carboxylic acid groups (broad SMARTS) is 1. The molecule has 6 N–H and O–H groups in total. The minimum absolute atomic E-state index is 0.0982. The summed E-state index contributed by atoms with van der Waals surface area (Å²) in [6, 6.07) is 0. The SMILES string of the molecule is Nc1n[nH]c(C(=O)NCC(O)C(=O)O)n1. The Kier molecular flexibility index (Phi) is 3.18. The highest BCUT2D eigenvalue weighted by atomic mass is 16.4. The highest BCUT2D eigenvalue weighted by Crippen LogP contribution is 1.92. The standard InChI is InChI=1S/C6H9N5O4/c7-6-9-3(10-11-6)4(13)8-1-2(12)5(14)15/h2,12H,1H2,(H,8,13)(H,14,15)(H3,7,9,10,11). The second-order valence-corrected chi connectivity index (χ2v) is 2.61. The van der Waals surface area contributed by atoms with E-state index >= 15 is 0 Å². The molecule has 0 aliphatic rings. The van der Waals surface area contributed by atoms with Gasteiger partial charge in [0.2, 0.25) is 11.8 Å². The number of amides is 1. The molecule has 0 aliphatic carbocycles. The Bertz CT molecular complexity index is 375. The molecule has 0 fully saturated rings. The number of aromatic amines is 1. The van der Waals surface area contributed by atoms with Crippen LogP contribution in [0.4, 0.5) is 5.95 Å². The van der Waals surface area contributed by atoms with E-state index in [1.165, 1.54) is 0 Å².